The molecule has 2 amide bonds. The zero-order chi connectivity index (χ0) is 14.4. The minimum atomic E-state index is -4.23. The Bertz CT molecular complexity index is 654. The molecule has 0 bridgehead atoms. The number of carbonyl (C=O) groups is 2. The van der Waals surface area contributed by atoms with Gasteiger partial charge in [-0.3, -0.25) is 9.59 Å². The van der Waals surface area contributed by atoms with Crippen LogP contribution in [0.15, 0.2) is 24.3 Å². The lowest BCUT2D eigenvalue weighted by molar-refractivity contribution is 0.0832. The molecule has 0 radical (unpaired) electrons. The van der Waals surface area contributed by atoms with Crippen LogP contribution in [0.25, 0.3) is 0 Å². The van der Waals surface area contributed by atoms with Crippen LogP contribution >= 0.6 is 12.6 Å². The second-order valence-electron chi connectivity index (χ2n) is 4.27. The number of carbonyl (C=O) groups excluding carboxylic acids is 2. The van der Waals surface area contributed by atoms with Gasteiger partial charge in [-0.15, -0.1) is 0 Å². The van der Waals surface area contributed by atoms with E-state index in [1.165, 1.54) is 12.1 Å². The van der Waals surface area contributed by atoms with Crippen molar-refractivity contribution in [2.75, 3.05) is 4.31 Å². The highest BCUT2D eigenvalue weighted by atomic mass is 32.2. The molecule has 1 heterocycles. The molecule has 1 aliphatic rings. The fraction of sp³-hybridized carbons (Fsp3) is 0.273. The van der Waals surface area contributed by atoms with Crippen LogP contribution in [-0.4, -0.2) is 29.9 Å². The molecule has 0 N–H and O–H groups in total. The summed E-state index contributed by atoms with van der Waals surface area (Å²) in [6.45, 7) is 3.12. The number of nitrogens with zero attached hydrogens (tertiary/aromatic N) is 2. The number of fused-ring (bicyclic) bond motifs is 1. The van der Waals surface area contributed by atoms with Crippen LogP contribution in [0.2, 0.25) is 0 Å². The molecule has 19 heavy (non-hydrogen) atoms. The lowest BCUT2D eigenvalue weighted by atomic mass is 10.1. The third kappa shape index (κ3) is 2.00. The van der Waals surface area contributed by atoms with Crippen molar-refractivity contribution >= 4 is 39.7 Å². The molecule has 2 rings (SSSR count). The molecule has 1 aromatic carbocycles. The summed E-state index contributed by atoms with van der Waals surface area (Å²) in [6.07, 6.45) is 0. The van der Waals surface area contributed by atoms with Crippen LogP contribution in [0.5, 0.6) is 0 Å². The molecule has 0 aromatic heterocycles. The third-order valence-electron chi connectivity index (χ3n) is 2.68. The molecule has 0 spiro atoms. The van der Waals surface area contributed by atoms with E-state index in [2.05, 4.69) is 12.6 Å². The van der Waals surface area contributed by atoms with Gasteiger partial charge >= 0.3 is 10.2 Å². The number of amides is 2. The summed E-state index contributed by atoms with van der Waals surface area (Å²) in [7, 11) is -4.23. The molecule has 0 fully saturated rings. The van der Waals surface area contributed by atoms with Crippen LogP contribution < -0.4 is 4.31 Å². The first kappa shape index (κ1) is 13.9. The molecule has 102 valence electrons. The Morgan fingerprint density at radius 3 is 2.37 bits per heavy atom. The van der Waals surface area contributed by atoms with Crippen molar-refractivity contribution in [1.29, 1.82) is 0 Å². The minimum absolute atomic E-state index is 0.0319. The fourth-order valence-corrected chi connectivity index (χ4v) is 4.01. The molecule has 0 saturated heterocycles. The van der Waals surface area contributed by atoms with Gasteiger partial charge in [-0.05, 0) is 26.0 Å². The van der Waals surface area contributed by atoms with Crippen molar-refractivity contribution in [3.8, 4) is 0 Å². The normalized spacial score (nSPS) is 17.6. The summed E-state index contributed by atoms with van der Waals surface area (Å²) in [5.74, 6) is -0.642. The number of benzene rings is 1. The molecule has 0 atom stereocenters. The Morgan fingerprint density at radius 2 is 1.84 bits per heavy atom. The maximum absolute atomic E-state index is 12.3. The third-order valence-corrected chi connectivity index (χ3v) is 4.92. The van der Waals surface area contributed by atoms with Gasteiger partial charge in [-0.2, -0.15) is 12.7 Å². The van der Waals surface area contributed by atoms with E-state index in [0.717, 1.165) is 0 Å². The molecule has 6 nitrogen and oxygen atoms in total. The predicted molar refractivity (Wildman–Crippen MR) is 73.5 cm³/mol. The SMILES string of the molecule is CC(C)N1C(=O)c2ccccc2N(C(=O)S)S1(=O)=O. The van der Waals surface area contributed by atoms with E-state index in [1.807, 2.05) is 0 Å². The Hall–Kier alpha value is -1.54. The second kappa shape index (κ2) is 4.53. The van der Waals surface area contributed by atoms with Crippen molar-refractivity contribution in [1.82, 2.24) is 4.31 Å². The standard InChI is InChI=1S/C11H12N2O4S2/c1-7(2)12-10(14)8-5-3-4-6-9(8)13(11(15)18)19(12,16)17/h3-7H,1-2H3,(H,15,18). The fourth-order valence-electron chi connectivity index (χ4n) is 1.97. The lowest BCUT2D eigenvalue weighted by Gasteiger charge is -2.36. The molecule has 0 saturated carbocycles. The quantitative estimate of drug-likeness (QED) is 0.800. The van der Waals surface area contributed by atoms with E-state index in [-0.39, 0.29) is 11.3 Å². The van der Waals surface area contributed by atoms with Gasteiger partial charge in [-0.25, -0.2) is 4.31 Å². The zero-order valence-electron chi connectivity index (χ0n) is 10.3. The van der Waals surface area contributed by atoms with Crippen LogP contribution in [-0.2, 0) is 10.2 Å². The monoisotopic (exact) mass is 300 g/mol. The number of hydrogen-bond acceptors (Lipinski definition) is 4. The second-order valence-corrected chi connectivity index (χ2v) is 6.30. The number of rotatable bonds is 1. The van der Waals surface area contributed by atoms with Crippen molar-refractivity contribution in [2.24, 2.45) is 0 Å². The van der Waals surface area contributed by atoms with Gasteiger partial charge in [0.15, 0.2) is 0 Å². The van der Waals surface area contributed by atoms with Gasteiger partial charge in [0.1, 0.15) is 0 Å². The Kier molecular flexibility index (Phi) is 3.31. The number of hydrogen-bond donors (Lipinski definition) is 1. The number of anilines is 1. The van der Waals surface area contributed by atoms with Crippen LogP contribution in [0.1, 0.15) is 24.2 Å². The van der Waals surface area contributed by atoms with Crippen molar-refractivity contribution < 1.29 is 18.0 Å². The topological polar surface area (TPSA) is 74.8 Å². The Morgan fingerprint density at radius 1 is 1.26 bits per heavy atom. The van der Waals surface area contributed by atoms with Gasteiger partial charge < -0.3 is 0 Å². The molecule has 0 unspecified atom stereocenters. The van der Waals surface area contributed by atoms with E-state index >= 15 is 0 Å². The summed E-state index contributed by atoms with van der Waals surface area (Å²) < 4.78 is 25.9. The first-order valence-corrected chi connectivity index (χ1v) is 7.34. The van der Waals surface area contributed by atoms with E-state index < -0.39 is 27.4 Å². The summed E-state index contributed by atoms with van der Waals surface area (Å²) in [5.41, 5.74) is 0.192. The van der Waals surface area contributed by atoms with Crippen LogP contribution in [0.3, 0.4) is 0 Å². The predicted octanol–water partition coefficient (Wildman–Crippen LogP) is 1.65. The van der Waals surface area contributed by atoms with Gasteiger partial charge in [-0.1, -0.05) is 24.8 Å². The lowest BCUT2D eigenvalue weighted by Crippen LogP contribution is -2.54. The van der Waals surface area contributed by atoms with Crippen molar-refractivity contribution in [3.63, 3.8) is 0 Å². The number of para-hydroxylation sites is 1. The van der Waals surface area contributed by atoms with Crippen molar-refractivity contribution in [3.05, 3.63) is 29.8 Å². The van der Waals surface area contributed by atoms with Crippen LogP contribution in [0, 0.1) is 0 Å². The molecule has 0 aliphatic carbocycles. The summed E-state index contributed by atoms with van der Waals surface area (Å²) in [4.78, 5) is 23.8. The molecule has 1 aliphatic heterocycles. The maximum atomic E-state index is 12.3. The average molecular weight is 300 g/mol. The number of thiol groups is 1. The van der Waals surface area contributed by atoms with E-state index in [9.17, 15) is 18.0 Å². The first-order chi connectivity index (χ1) is 8.78. The average Bonchev–Trinajstić information content (AvgIpc) is 2.26. The van der Waals surface area contributed by atoms with Gasteiger partial charge in [0, 0.05) is 6.04 Å². The van der Waals surface area contributed by atoms with E-state index in [0.29, 0.717) is 8.61 Å². The minimum Gasteiger partial charge on any atom is -0.268 e. The zero-order valence-corrected chi connectivity index (χ0v) is 12.0. The van der Waals surface area contributed by atoms with Gasteiger partial charge in [0.2, 0.25) is 0 Å². The smallest absolute Gasteiger partial charge is 0.268 e. The van der Waals surface area contributed by atoms with E-state index in [4.69, 9.17) is 0 Å². The van der Waals surface area contributed by atoms with Gasteiger partial charge in [0.25, 0.3) is 11.1 Å². The highest BCUT2D eigenvalue weighted by molar-refractivity contribution is 8.01. The summed E-state index contributed by atoms with van der Waals surface area (Å²) in [6, 6.07) is 5.44. The summed E-state index contributed by atoms with van der Waals surface area (Å²) in [5, 5.41) is -0.953. The molecular weight excluding hydrogens is 288 g/mol. The molecule has 1 aromatic rings. The van der Waals surface area contributed by atoms with Gasteiger partial charge in [0.05, 0.1) is 11.3 Å². The molecule has 8 heteroatoms. The maximum Gasteiger partial charge on any atom is 0.336 e. The highest BCUT2D eigenvalue weighted by Gasteiger charge is 2.45. The molecular formula is C11H12N2O4S2. The summed E-state index contributed by atoms with van der Waals surface area (Å²) >= 11 is 3.59. The van der Waals surface area contributed by atoms with Crippen molar-refractivity contribution in [2.45, 2.75) is 19.9 Å². The van der Waals surface area contributed by atoms with Crippen LogP contribution in [0.4, 0.5) is 10.5 Å². The largest absolute Gasteiger partial charge is 0.336 e. The first-order valence-electron chi connectivity index (χ1n) is 5.49. The Balaban J connectivity index is 2.78. The van der Waals surface area contributed by atoms with E-state index in [1.54, 1.807) is 26.0 Å². The highest BCUT2D eigenvalue weighted by Crippen LogP contribution is 2.34. The Labute approximate surface area is 116 Å².